The Balaban J connectivity index is 1.35. The average molecular weight is 534 g/mol. The lowest BCUT2D eigenvalue weighted by Gasteiger charge is -2.42. The molecule has 2 unspecified atom stereocenters. The summed E-state index contributed by atoms with van der Waals surface area (Å²) < 4.78 is 49.7. The van der Waals surface area contributed by atoms with Crippen LogP contribution in [-0.4, -0.2) is 73.3 Å². The van der Waals surface area contributed by atoms with Crippen molar-refractivity contribution in [3.05, 3.63) is 82.9 Å². The van der Waals surface area contributed by atoms with E-state index >= 15 is 0 Å². The molecule has 1 aliphatic carbocycles. The normalized spacial score (nSPS) is 22.3. The van der Waals surface area contributed by atoms with Crippen LogP contribution >= 0.6 is 0 Å². The van der Waals surface area contributed by atoms with Crippen LogP contribution in [0.2, 0.25) is 0 Å². The molecule has 0 N–H and O–H groups in total. The van der Waals surface area contributed by atoms with Crippen LogP contribution in [0.25, 0.3) is 11.8 Å². The fraction of sp³-hybridized carbons (Fsp3) is 0.357. The Hall–Kier alpha value is -3.36. The minimum Gasteiger partial charge on any atom is -0.379 e. The van der Waals surface area contributed by atoms with E-state index in [9.17, 15) is 12.8 Å². The van der Waals surface area contributed by atoms with Gasteiger partial charge in [0.05, 0.1) is 47.3 Å². The third kappa shape index (κ3) is 4.56. The van der Waals surface area contributed by atoms with Crippen molar-refractivity contribution in [1.82, 2.24) is 19.0 Å². The van der Waals surface area contributed by atoms with Gasteiger partial charge < -0.3 is 4.74 Å². The molecule has 1 aromatic heterocycles. The minimum absolute atomic E-state index is 0.0121. The number of benzene rings is 2. The van der Waals surface area contributed by atoms with Gasteiger partial charge in [-0.25, -0.2) is 17.5 Å². The molecule has 2 fully saturated rings. The Morgan fingerprint density at radius 2 is 1.79 bits per heavy atom. The number of hydrogen-bond acceptors (Lipinski definition) is 6. The van der Waals surface area contributed by atoms with E-state index in [1.807, 2.05) is 16.9 Å². The molecule has 10 heteroatoms. The number of rotatable bonds is 5. The summed E-state index contributed by atoms with van der Waals surface area (Å²) in [6, 6.07) is 14.4. The second kappa shape index (κ2) is 10.1. The molecule has 0 spiro atoms. The third-order valence-corrected chi connectivity index (χ3v) is 9.70. The first-order chi connectivity index (χ1) is 18.4. The maximum absolute atomic E-state index is 13.6. The molecular formula is C28H28FN5O3S. The number of fused-ring (bicyclic) bond motifs is 2. The summed E-state index contributed by atoms with van der Waals surface area (Å²) in [6.07, 6.45) is 4.65. The van der Waals surface area contributed by atoms with E-state index in [2.05, 4.69) is 16.1 Å². The highest BCUT2D eigenvalue weighted by molar-refractivity contribution is 7.89. The van der Waals surface area contributed by atoms with Crippen LogP contribution in [0.15, 0.2) is 65.2 Å². The zero-order valence-corrected chi connectivity index (χ0v) is 21.6. The Kier molecular flexibility index (Phi) is 6.61. The summed E-state index contributed by atoms with van der Waals surface area (Å²) in [4.78, 5) is 2.58. The van der Waals surface area contributed by atoms with Crippen LogP contribution in [-0.2, 0) is 14.8 Å². The Bertz CT molecular complexity index is 1500. The smallest absolute Gasteiger partial charge is 0.243 e. The average Bonchev–Trinajstić information content (AvgIpc) is 3.37. The van der Waals surface area contributed by atoms with Crippen molar-refractivity contribution >= 4 is 16.1 Å². The highest BCUT2D eigenvalue weighted by Gasteiger charge is 2.41. The van der Waals surface area contributed by atoms with Crippen LogP contribution in [0.5, 0.6) is 0 Å². The fourth-order valence-corrected chi connectivity index (χ4v) is 7.24. The van der Waals surface area contributed by atoms with Gasteiger partial charge in [-0.15, -0.1) is 0 Å². The van der Waals surface area contributed by atoms with Crippen molar-refractivity contribution in [1.29, 1.82) is 5.26 Å². The summed E-state index contributed by atoms with van der Waals surface area (Å²) in [5.74, 6) is -0.233. The number of sulfonamides is 1. The topological polar surface area (TPSA) is 91.5 Å². The molecule has 38 heavy (non-hydrogen) atoms. The molecule has 2 aliphatic heterocycles. The van der Waals surface area contributed by atoms with Crippen molar-refractivity contribution in [3.8, 4) is 11.8 Å². The first kappa shape index (κ1) is 24.9. The van der Waals surface area contributed by atoms with E-state index in [-0.39, 0.29) is 22.5 Å². The SMILES string of the molecule is N#Cc1ccc(S(=O)(=O)N2CCC3=Cc4c(cnn4-c4ccc(F)cc4)C(CN4CCOCC4)C3C2)cc1. The van der Waals surface area contributed by atoms with Crippen molar-refractivity contribution in [2.24, 2.45) is 5.92 Å². The first-order valence-corrected chi connectivity index (χ1v) is 14.2. The minimum atomic E-state index is -3.71. The number of aromatic nitrogens is 2. The molecule has 2 saturated heterocycles. The number of piperidine rings is 1. The second-order valence-corrected chi connectivity index (χ2v) is 11.9. The summed E-state index contributed by atoms with van der Waals surface area (Å²) >= 11 is 0. The first-order valence-electron chi connectivity index (χ1n) is 12.8. The van der Waals surface area contributed by atoms with Crippen LogP contribution in [0, 0.1) is 23.1 Å². The molecule has 6 rings (SSSR count). The highest BCUT2D eigenvalue weighted by atomic mass is 32.2. The van der Waals surface area contributed by atoms with Gasteiger partial charge >= 0.3 is 0 Å². The van der Waals surface area contributed by atoms with Crippen molar-refractivity contribution < 1.29 is 17.5 Å². The van der Waals surface area contributed by atoms with Crippen LogP contribution in [0.1, 0.15) is 29.2 Å². The monoisotopic (exact) mass is 533 g/mol. The van der Waals surface area contributed by atoms with Gasteiger partial charge in [0.15, 0.2) is 0 Å². The van der Waals surface area contributed by atoms with Crippen molar-refractivity contribution in [3.63, 3.8) is 0 Å². The number of ether oxygens (including phenoxy) is 1. The summed E-state index contributed by atoms with van der Waals surface area (Å²) in [7, 11) is -3.71. The summed E-state index contributed by atoms with van der Waals surface area (Å²) in [6.45, 7) is 4.56. The van der Waals surface area contributed by atoms with Crippen molar-refractivity contribution in [2.75, 3.05) is 45.9 Å². The van der Waals surface area contributed by atoms with E-state index in [0.29, 0.717) is 38.3 Å². The number of halogens is 1. The maximum atomic E-state index is 13.6. The molecule has 196 valence electrons. The van der Waals surface area contributed by atoms with Crippen LogP contribution in [0.3, 0.4) is 0 Å². The van der Waals surface area contributed by atoms with Crippen LogP contribution in [0.4, 0.5) is 4.39 Å². The van der Waals surface area contributed by atoms with E-state index in [1.165, 1.54) is 29.8 Å². The fourth-order valence-electron chi connectivity index (χ4n) is 5.77. The lowest BCUT2D eigenvalue weighted by molar-refractivity contribution is 0.0319. The van der Waals surface area contributed by atoms with Gasteiger partial charge in [-0.1, -0.05) is 5.57 Å². The van der Waals surface area contributed by atoms with Gasteiger partial charge in [0, 0.05) is 50.1 Å². The molecule has 2 atom stereocenters. The predicted octanol–water partition coefficient (Wildman–Crippen LogP) is 3.41. The molecule has 0 amide bonds. The van der Waals surface area contributed by atoms with Gasteiger partial charge in [0.25, 0.3) is 0 Å². The lowest BCUT2D eigenvalue weighted by atomic mass is 9.74. The Morgan fingerprint density at radius 3 is 2.50 bits per heavy atom. The molecule has 3 heterocycles. The lowest BCUT2D eigenvalue weighted by Crippen LogP contribution is -2.47. The summed E-state index contributed by atoms with van der Waals surface area (Å²) in [5.41, 5.74) is 4.48. The van der Waals surface area contributed by atoms with Crippen molar-refractivity contribution in [2.45, 2.75) is 17.2 Å². The van der Waals surface area contributed by atoms with E-state index in [0.717, 1.165) is 36.6 Å². The zero-order valence-electron chi connectivity index (χ0n) is 20.8. The second-order valence-electron chi connectivity index (χ2n) is 9.97. The molecule has 3 aromatic rings. The largest absolute Gasteiger partial charge is 0.379 e. The molecule has 3 aliphatic rings. The molecule has 8 nitrogen and oxygen atoms in total. The molecule has 0 bridgehead atoms. The molecule has 2 aromatic carbocycles. The Labute approximate surface area is 221 Å². The quantitative estimate of drug-likeness (QED) is 0.499. The van der Waals surface area contributed by atoms with Gasteiger partial charge in [-0.2, -0.15) is 14.7 Å². The Morgan fingerprint density at radius 1 is 1.05 bits per heavy atom. The molecular weight excluding hydrogens is 505 g/mol. The number of morpholine rings is 1. The highest BCUT2D eigenvalue weighted by Crippen LogP contribution is 2.44. The van der Waals surface area contributed by atoms with Gasteiger partial charge in [-0.05, 0) is 61.0 Å². The molecule has 0 saturated carbocycles. The number of nitrogens with zero attached hydrogens (tertiary/aromatic N) is 5. The van der Waals surface area contributed by atoms with Crippen LogP contribution < -0.4 is 0 Å². The maximum Gasteiger partial charge on any atom is 0.243 e. The number of hydrogen-bond donors (Lipinski definition) is 0. The summed E-state index contributed by atoms with van der Waals surface area (Å²) in [5, 5.41) is 13.8. The van der Waals surface area contributed by atoms with Gasteiger partial charge in [0.2, 0.25) is 10.0 Å². The van der Waals surface area contributed by atoms with E-state index in [4.69, 9.17) is 10.00 Å². The molecule has 0 radical (unpaired) electrons. The van der Waals surface area contributed by atoms with Gasteiger partial charge in [0.1, 0.15) is 5.82 Å². The standard InChI is InChI=1S/C28H28FN5O3S/c29-22-3-5-23(6-4-22)34-28-15-21-9-10-33(38(35,36)24-7-1-20(16-30)2-8-24)19-26(21)27(25(28)17-31-34)18-32-11-13-37-14-12-32/h1-8,15,17,26-27H,9-14,18-19H2. The van der Waals surface area contributed by atoms with Gasteiger partial charge in [-0.3, -0.25) is 4.90 Å². The number of nitriles is 1. The van der Waals surface area contributed by atoms with E-state index < -0.39 is 10.0 Å². The third-order valence-electron chi connectivity index (χ3n) is 7.82. The zero-order chi connectivity index (χ0) is 26.3. The van der Waals surface area contributed by atoms with E-state index in [1.54, 1.807) is 28.6 Å². The predicted molar refractivity (Wildman–Crippen MR) is 140 cm³/mol.